The monoisotopic (exact) mass is 291 g/mol. The summed E-state index contributed by atoms with van der Waals surface area (Å²) >= 11 is 6.00. The van der Waals surface area contributed by atoms with Gasteiger partial charge in [-0.1, -0.05) is 30.2 Å². The number of rotatable bonds is 4. The van der Waals surface area contributed by atoms with Crippen LogP contribution < -0.4 is 5.32 Å². The molecule has 1 aromatic carbocycles. The second-order valence-corrected chi connectivity index (χ2v) is 5.81. The molecule has 0 bridgehead atoms. The van der Waals surface area contributed by atoms with Crippen LogP contribution in [0.5, 0.6) is 0 Å². The molecule has 106 valence electrons. The molecule has 1 heterocycles. The minimum absolute atomic E-state index is 0.0440. The van der Waals surface area contributed by atoms with E-state index in [0.29, 0.717) is 0 Å². The Kier molecular flexibility index (Phi) is 3.48. The minimum Gasteiger partial charge on any atom is -0.310 e. The summed E-state index contributed by atoms with van der Waals surface area (Å²) in [5.41, 5.74) is 1.34. The Morgan fingerprint density at radius 1 is 1.30 bits per heavy atom. The van der Waals surface area contributed by atoms with E-state index < -0.39 is 0 Å². The van der Waals surface area contributed by atoms with Gasteiger partial charge in [0.1, 0.15) is 0 Å². The fourth-order valence-electron chi connectivity index (χ4n) is 3.15. The van der Waals surface area contributed by atoms with Crippen LogP contribution in [0.1, 0.15) is 36.7 Å². The van der Waals surface area contributed by atoms with Gasteiger partial charge in [-0.25, -0.2) is 0 Å². The van der Waals surface area contributed by atoms with Crippen LogP contribution in [0.3, 0.4) is 0 Å². The molecule has 1 aliphatic carbocycles. The summed E-state index contributed by atoms with van der Waals surface area (Å²) in [5.74, 6) is 0.754. The fourth-order valence-corrected chi connectivity index (χ4v) is 3.28. The van der Waals surface area contributed by atoms with E-state index in [9.17, 15) is 0 Å². The third kappa shape index (κ3) is 2.11. The van der Waals surface area contributed by atoms with Crippen molar-refractivity contribution in [3.8, 4) is 0 Å². The largest absolute Gasteiger partial charge is 0.310 e. The zero-order chi connectivity index (χ0) is 14.2. The van der Waals surface area contributed by atoms with Gasteiger partial charge in [-0.2, -0.15) is 4.80 Å². The lowest BCUT2D eigenvalue weighted by atomic mass is 9.60. The number of halogens is 1. The SMILES string of the molecule is CNC(c1nnn(C)n1)C1(c2ccc(Cl)cc2)CCC1. The molecule has 1 saturated carbocycles. The number of nitrogens with zero attached hydrogens (tertiary/aromatic N) is 4. The first-order valence-electron chi connectivity index (χ1n) is 6.83. The lowest BCUT2D eigenvalue weighted by molar-refractivity contribution is 0.169. The zero-order valence-electron chi connectivity index (χ0n) is 11.7. The average Bonchev–Trinajstić information content (AvgIpc) is 2.81. The number of likely N-dealkylation sites (N-methyl/N-ethyl adjacent to an activating group) is 1. The van der Waals surface area contributed by atoms with Crippen LogP contribution in [0.15, 0.2) is 24.3 Å². The minimum atomic E-state index is 0.0440. The van der Waals surface area contributed by atoms with Gasteiger partial charge < -0.3 is 5.32 Å². The Balaban J connectivity index is 2.00. The van der Waals surface area contributed by atoms with E-state index in [2.05, 4.69) is 32.9 Å². The highest BCUT2D eigenvalue weighted by atomic mass is 35.5. The van der Waals surface area contributed by atoms with Crippen LogP contribution >= 0.6 is 11.6 Å². The Labute approximate surface area is 123 Å². The molecule has 0 aliphatic heterocycles. The van der Waals surface area contributed by atoms with E-state index in [4.69, 9.17) is 11.6 Å². The van der Waals surface area contributed by atoms with E-state index >= 15 is 0 Å². The molecule has 2 aromatic rings. The molecule has 20 heavy (non-hydrogen) atoms. The summed E-state index contributed by atoms with van der Waals surface area (Å²) in [4.78, 5) is 1.51. The normalized spacial score (nSPS) is 18.6. The topological polar surface area (TPSA) is 55.6 Å². The number of aryl methyl sites for hydroxylation is 1. The van der Waals surface area contributed by atoms with Gasteiger partial charge in [-0.15, -0.1) is 10.2 Å². The quantitative estimate of drug-likeness (QED) is 0.939. The predicted molar refractivity (Wildman–Crippen MR) is 77.6 cm³/mol. The number of tetrazole rings is 1. The van der Waals surface area contributed by atoms with Gasteiger partial charge in [-0.3, -0.25) is 0 Å². The summed E-state index contributed by atoms with van der Waals surface area (Å²) in [6.45, 7) is 0. The number of hydrogen-bond acceptors (Lipinski definition) is 4. The first kappa shape index (κ1) is 13.5. The molecule has 5 nitrogen and oxygen atoms in total. The molecule has 1 atom stereocenters. The standard InChI is InChI=1S/C14H18ClN5/c1-16-12(13-17-19-20(2)18-13)14(8-3-9-14)10-4-6-11(15)7-5-10/h4-7,12,16H,3,8-9H2,1-2H3. The molecule has 3 rings (SSSR count). The highest BCUT2D eigenvalue weighted by Crippen LogP contribution is 2.51. The lowest BCUT2D eigenvalue weighted by Gasteiger charge is -2.47. The smallest absolute Gasteiger partial charge is 0.192 e. The van der Waals surface area contributed by atoms with Crippen LogP contribution in [-0.4, -0.2) is 27.3 Å². The van der Waals surface area contributed by atoms with E-state index in [-0.39, 0.29) is 11.5 Å². The Bertz CT molecular complexity index is 588. The maximum atomic E-state index is 6.00. The van der Waals surface area contributed by atoms with Crippen LogP contribution in [0, 0.1) is 0 Å². The van der Waals surface area contributed by atoms with Gasteiger partial charge in [0.2, 0.25) is 0 Å². The number of nitrogens with one attached hydrogen (secondary N) is 1. The van der Waals surface area contributed by atoms with Crippen molar-refractivity contribution in [2.45, 2.75) is 30.7 Å². The second-order valence-electron chi connectivity index (χ2n) is 5.38. The molecule has 1 N–H and O–H groups in total. The molecular weight excluding hydrogens is 274 g/mol. The zero-order valence-corrected chi connectivity index (χ0v) is 12.4. The molecule has 1 aliphatic rings. The Morgan fingerprint density at radius 3 is 2.45 bits per heavy atom. The third-order valence-electron chi connectivity index (χ3n) is 4.29. The third-order valence-corrected chi connectivity index (χ3v) is 4.54. The van der Waals surface area contributed by atoms with Gasteiger partial charge in [0.25, 0.3) is 0 Å². The molecule has 1 fully saturated rings. The van der Waals surface area contributed by atoms with Gasteiger partial charge in [0, 0.05) is 10.4 Å². The number of hydrogen-bond donors (Lipinski definition) is 1. The van der Waals surface area contributed by atoms with Crippen LogP contribution in [0.4, 0.5) is 0 Å². The van der Waals surface area contributed by atoms with E-state index in [0.717, 1.165) is 23.7 Å². The van der Waals surface area contributed by atoms with Gasteiger partial charge in [0.15, 0.2) is 5.82 Å². The van der Waals surface area contributed by atoms with Crippen molar-refractivity contribution in [2.75, 3.05) is 7.05 Å². The van der Waals surface area contributed by atoms with Crippen LogP contribution in [-0.2, 0) is 12.5 Å². The average molecular weight is 292 g/mol. The maximum Gasteiger partial charge on any atom is 0.192 e. The van der Waals surface area contributed by atoms with Crippen molar-refractivity contribution in [2.24, 2.45) is 7.05 Å². The van der Waals surface area contributed by atoms with Crippen molar-refractivity contribution in [1.29, 1.82) is 0 Å². The molecule has 1 aromatic heterocycles. The van der Waals surface area contributed by atoms with Crippen molar-refractivity contribution in [1.82, 2.24) is 25.5 Å². The summed E-state index contributed by atoms with van der Waals surface area (Å²) in [7, 11) is 3.75. The molecule has 1 unspecified atom stereocenters. The summed E-state index contributed by atoms with van der Waals surface area (Å²) in [6, 6.07) is 8.21. The maximum absolute atomic E-state index is 6.00. The lowest BCUT2D eigenvalue weighted by Crippen LogP contribution is -2.46. The van der Waals surface area contributed by atoms with Gasteiger partial charge >= 0.3 is 0 Å². The van der Waals surface area contributed by atoms with Crippen molar-refractivity contribution < 1.29 is 0 Å². The Morgan fingerprint density at radius 2 is 2.00 bits per heavy atom. The first-order chi connectivity index (χ1) is 9.65. The second kappa shape index (κ2) is 5.14. The first-order valence-corrected chi connectivity index (χ1v) is 7.21. The van der Waals surface area contributed by atoms with Crippen LogP contribution in [0.2, 0.25) is 5.02 Å². The molecular formula is C14H18ClN5. The highest BCUT2D eigenvalue weighted by molar-refractivity contribution is 6.30. The highest BCUT2D eigenvalue weighted by Gasteiger charge is 2.47. The van der Waals surface area contributed by atoms with Crippen molar-refractivity contribution in [3.05, 3.63) is 40.7 Å². The molecule has 0 spiro atoms. The Hall–Kier alpha value is -1.46. The van der Waals surface area contributed by atoms with Crippen molar-refractivity contribution >= 4 is 11.6 Å². The summed E-state index contributed by atoms with van der Waals surface area (Å²) in [5, 5.41) is 16.7. The predicted octanol–water partition coefficient (Wildman–Crippen LogP) is 2.25. The molecule has 6 heteroatoms. The summed E-state index contributed by atoms with van der Waals surface area (Å²) in [6.07, 6.45) is 3.47. The fraction of sp³-hybridized carbons (Fsp3) is 0.500. The number of aromatic nitrogens is 4. The van der Waals surface area contributed by atoms with Gasteiger partial charge in [-0.05, 0) is 42.8 Å². The van der Waals surface area contributed by atoms with E-state index in [1.54, 1.807) is 7.05 Å². The number of benzene rings is 1. The van der Waals surface area contributed by atoms with Gasteiger partial charge in [0.05, 0.1) is 13.1 Å². The van der Waals surface area contributed by atoms with E-state index in [1.807, 2.05) is 19.2 Å². The van der Waals surface area contributed by atoms with Crippen LogP contribution in [0.25, 0.3) is 0 Å². The molecule has 0 saturated heterocycles. The molecule has 0 amide bonds. The van der Waals surface area contributed by atoms with Crippen molar-refractivity contribution in [3.63, 3.8) is 0 Å². The van der Waals surface area contributed by atoms with E-state index in [1.165, 1.54) is 16.8 Å². The summed E-state index contributed by atoms with van der Waals surface area (Å²) < 4.78 is 0. The molecule has 0 radical (unpaired) electrons.